The molecule has 1 amide bonds. The van der Waals surface area contributed by atoms with Crippen molar-refractivity contribution < 1.29 is 17.9 Å². The van der Waals surface area contributed by atoms with Gasteiger partial charge in [0.25, 0.3) is 15.9 Å². The van der Waals surface area contributed by atoms with Gasteiger partial charge in [-0.1, -0.05) is 6.07 Å². The molecule has 1 heterocycles. The van der Waals surface area contributed by atoms with E-state index in [4.69, 9.17) is 10.00 Å². The van der Waals surface area contributed by atoms with E-state index in [1.807, 2.05) is 6.07 Å². The molecule has 3 aromatic rings. The summed E-state index contributed by atoms with van der Waals surface area (Å²) in [6.45, 7) is 1.61. The molecule has 9 heteroatoms. The van der Waals surface area contributed by atoms with E-state index in [2.05, 4.69) is 5.32 Å². The minimum absolute atomic E-state index is 0.262. The van der Waals surface area contributed by atoms with Gasteiger partial charge < -0.3 is 10.1 Å². The van der Waals surface area contributed by atoms with Crippen LogP contribution < -0.4 is 14.4 Å². The maximum atomic E-state index is 12.6. The monoisotopic (exact) mass is 441 g/mol. The number of hydrogen-bond donors (Lipinski definition) is 1. The van der Waals surface area contributed by atoms with Gasteiger partial charge in [0.15, 0.2) is 6.10 Å². The van der Waals surface area contributed by atoms with Crippen LogP contribution in [-0.2, 0) is 14.8 Å². The molecule has 0 fully saturated rings. The number of carbonyl (C=O) groups excluding carboxylic acids is 1. The summed E-state index contributed by atoms with van der Waals surface area (Å²) in [5.74, 6) is 0.0873. The van der Waals surface area contributed by atoms with Crippen LogP contribution in [0.25, 0.3) is 0 Å². The average Bonchev–Trinajstić information content (AvgIpc) is 3.30. The molecule has 0 unspecified atom stereocenters. The Labute approximate surface area is 179 Å². The van der Waals surface area contributed by atoms with E-state index in [0.717, 1.165) is 11.3 Å². The van der Waals surface area contributed by atoms with Crippen LogP contribution in [-0.4, -0.2) is 27.5 Å². The molecule has 7 nitrogen and oxygen atoms in total. The lowest BCUT2D eigenvalue weighted by Gasteiger charge is -2.19. The summed E-state index contributed by atoms with van der Waals surface area (Å²) in [6.07, 6.45) is -0.779. The van der Waals surface area contributed by atoms with E-state index in [-0.39, 0.29) is 10.1 Å². The van der Waals surface area contributed by atoms with Crippen molar-refractivity contribution in [2.75, 3.05) is 16.7 Å². The fourth-order valence-electron chi connectivity index (χ4n) is 2.55. The topological polar surface area (TPSA) is 99.5 Å². The third-order valence-corrected chi connectivity index (χ3v) is 7.43. The van der Waals surface area contributed by atoms with Crippen molar-refractivity contribution in [1.29, 1.82) is 5.26 Å². The number of anilines is 2. The normalized spacial score (nSPS) is 11.9. The summed E-state index contributed by atoms with van der Waals surface area (Å²) in [6, 6.07) is 18.2. The fraction of sp³-hybridized carbons (Fsp3) is 0.143. The molecule has 0 spiro atoms. The molecule has 154 valence electrons. The SMILES string of the molecule is C[C@H](Oc1ccc(N(C)S(=O)(=O)c2cccs2)cc1)C(=O)Nc1ccc(C#N)cc1. The molecule has 2 aromatic carbocycles. The Kier molecular flexibility index (Phi) is 6.40. The molecule has 1 N–H and O–H groups in total. The molecule has 0 aliphatic carbocycles. The zero-order chi connectivity index (χ0) is 21.7. The average molecular weight is 442 g/mol. The molecular weight excluding hydrogens is 422 g/mol. The van der Waals surface area contributed by atoms with Gasteiger partial charge in [-0.2, -0.15) is 5.26 Å². The molecule has 0 saturated heterocycles. The van der Waals surface area contributed by atoms with Crippen LogP contribution in [0.1, 0.15) is 12.5 Å². The predicted molar refractivity (Wildman–Crippen MR) is 116 cm³/mol. The largest absolute Gasteiger partial charge is 0.481 e. The van der Waals surface area contributed by atoms with Crippen LogP contribution in [0, 0.1) is 11.3 Å². The lowest BCUT2D eigenvalue weighted by Crippen LogP contribution is -2.30. The molecule has 0 aliphatic rings. The maximum Gasteiger partial charge on any atom is 0.273 e. The van der Waals surface area contributed by atoms with Gasteiger partial charge in [0, 0.05) is 12.7 Å². The van der Waals surface area contributed by atoms with Crippen molar-refractivity contribution in [2.24, 2.45) is 0 Å². The molecular formula is C21H19N3O4S2. The standard InChI is InChI=1S/C21H19N3O4S2/c1-15(21(25)23-17-7-5-16(14-22)6-8-17)28-19-11-9-18(10-12-19)24(2)30(26,27)20-4-3-13-29-20/h3-13,15H,1-2H3,(H,23,25)/t15-/m0/s1. The molecule has 3 rings (SSSR count). The first-order chi connectivity index (χ1) is 14.3. The van der Waals surface area contributed by atoms with Gasteiger partial charge in [0.1, 0.15) is 9.96 Å². The number of nitriles is 1. The molecule has 0 saturated carbocycles. The lowest BCUT2D eigenvalue weighted by atomic mass is 10.2. The number of rotatable bonds is 7. The van der Waals surface area contributed by atoms with Crippen molar-refractivity contribution in [3.05, 3.63) is 71.6 Å². The third kappa shape index (κ3) is 4.79. The highest BCUT2D eigenvalue weighted by molar-refractivity contribution is 7.94. The zero-order valence-electron chi connectivity index (χ0n) is 16.3. The van der Waals surface area contributed by atoms with Crippen molar-refractivity contribution in [2.45, 2.75) is 17.2 Å². The molecule has 0 bridgehead atoms. The number of hydrogen-bond acceptors (Lipinski definition) is 6. The highest BCUT2D eigenvalue weighted by atomic mass is 32.2. The molecule has 1 atom stereocenters. The minimum Gasteiger partial charge on any atom is -0.481 e. The number of benzene rings is 2. The number of sulfonamides is 1. The number of nitrogens with zero attached hydrogens (tertiary/aromatic N) is 2. The molecule has 1 aromatic heterocycles. The first-order valence-electron chi connectivity index (χ1n) is 8.91. The number of amides is 1. The maximum absolute atomic E-state index is 12.6. The number of ether oxygens (including phenoxy) is 1. The van der Waals surface area contributed by atoms with Crippen LogP contribution in [0.2, 0.25) is 0 Å². The van der Waals surface area contributed by atoms with Crippen LogP contribution in [0.15, 0.2) is 70.3 Å². The van der Waals surface area contributed by atoms with Gasteiger partial charge >= 0.3 is 0 Å². The Morgan fingerprint density at radius 3 is 2.37 bits per heavy atom. The van der Waals surface area contributed by atoms with Crippen LogP contribution in [0.5, 0.6) is 5.75 Å². The second-order valence-corrected chi connectivity index (χ2v) is 9.48. The first kappa shape index (κ1) is 21.4. The van der Waals surface area contributed by atoms with Crippen LogP contribution >= 0.6 is 11.3 Å². The highest BCUT2D eigenvalue weighted by Gasteiger charge is 2.22. The smallest absolute Gasteiger partial charge is 0.273 e. The Hall–Kier alpha value is -3.35. The summed E-state index contributed by atoms with van der Waals surface area (Å²) in [4.78, 5) is 12.3. The summed E-state index contributed by atoms with van der Waals surface area (Å²) in [7, 11) is -2.13. The van der Waals surface area contributed by atoms with Gasteiger partial charge in [0.2, 0.25) is 0 Å². The number of carbonyl (C=O) groups is 1. The van der Waals surface area contributed by atoms with Gasteiger partial charge in [-0.3, -0.25) is 9.10 Å². The van der Waals surface area contributed by atoms with Crippen LogP contribution in [0.3, 0.4) is 0 Å². The predicted octanol–water partition coefficient (Wildman–Crippen LogP) is 3.85. The van der Waals surface area contributed by atoms with E-state index in [0.29, 0.717) is 22.7 Å². The third-order valence-electron chi connectivity index (χ3n) is 4.27. The Bertz CT molecular complexity index is 1150. The number of thiophene rings is 1. The van der Waals surface area contributed by atoms with Gasteiger partial charge in [-0.25, -0.2) is 8.42 Å². The van der Waals surface area contributed by atoms with Crippen molar-refractivity contribution in [3.63, 3.8) is 0 Å². The molecule has 30 heavy (non-hydrogen) atoms. The van der Waals surface area contributed by atoms with E-state index >= 15 is 0 Å². The van der Waals surface area contributed by atoms with Gasteiger partial charge in [-0.15, -0.1) is 11.3 Å². The van der Waals surface area contributed by atoms with E-state index in [1.165, 1.54) is 11.4 Å². The van der Waals surface area contributed by atoms with Crippen molar-refractivity contribution in [3.8, 4) is 11.8 Å². The number of nitrogens with one attached hydrogen (secondary N) is 1. The van der Waals surface area contributed by atoms with Crippen molar-refractivity contribution >= 4 is 38.6 Å². The Morgan fingerprint density at radius 1 is 1.13 bits per heavy atom. The molecule has 0 radical (unpaired) electrons. The quantitative estimate of drug-likeness (QED) is 0.600. The second-order valence-electron chi connectivity index (χ2n) is 6.34. The lowest BCUT2D eigenvalue weighted by molar-refractivity contribution is -0.122. The summed E-state index contributed by atoms with van der Waals surface area (Å²) in [5.41, 5.74) is 1.54. The Morgan fingerprint density at radius 2 is 1.80 bits per heavy atom. The van der Waals surface area contributed by atoms with Gasteiger partial charge in [0.05, 0.1) is 17.3 Å². The zero-order valence-corrected chi connectivity index (χ0v) is 17.9. The Balaban J connectivity index is 1.63. The second kappa shape index (κ2) is 8.98. The minimum atomic E-state index is -3.61. The van der Waals surface area contributed by atoms with E-state index in [1.54, 1.807) is 73.0 Å². The molecule has 0 aliphatic heterocycles. The highest BCUT2D eigenvalue weighted by Crippen LogP contribution is 2.27. The summed E-state index contributed by atoms with van der Waals surface area (Å²) >= 11 is 1.16. The van der Waals surface area contributed by atoms with E-state index in [9.17, 15) is 13.2 Å². The van der Waals surface area contributed by atoms with Crippen molar-refractivity contribution in [1.82, 2.24) is 0 Å². The summed E-state index contributed by atoms with van der Waals surface area (Å²) < 4.78 is 32.3. The first-order valence-corrected chi connectivity index (χ1v) is 11.2. The van der Waals surface area contributed by atoms with Gasteiger partial charge in [-0.05, 0) is 66.9 Å². The summed E-state index contributed by atoms with van der Waals surface area (Å²) in [5, 5.41) is 13.2. The fourth-order valence-corrected chi connectivity index (χ4v) is 4.90. The van der Waals surface area contributed by atoms with E-state index < -0.39 is 16.1 Å². The van der Waals surface area contributed by atoms with Crippen LogP contribution in [0.4, 0.5) is 11.4 Å².